The fraction of sp³-hybridized carbons (Fsp3) is 0.333. The highest BCUT2D eigenvalue weighted by Crippen LogP contribution is 2.33. The molecular weight excluding hydrogens is 288 g/mol. The lowest BCUT2D eigenvalue weighted by Crippen LogP contribution is -2.16. The van der Waals surface area contributed by atoms with E-state index in [4.69, 9.17) is 10.2 Å². The highest BCUT2D eigenvalue weighted by molar-refractivity contribution is 7.16. The van der Waals surface area contributed by atoms with Crippen LogP contribution in [0.1, 0.15) is 56.9 Å². The molecule has 0 fully saturated rings. The number of rotatable bonds is 4. The summed E-state index contributed by atoms with van der Waals surface area (Å²) in [5.74, 6) is 0.627. The third kappa shape index (κ3) is 3.16. The number of aryl methyl sites for hydroxylation is 2. The Labute approximate surface area is 127 Å². The molecule has 2 rings (SSSR count). The third-order valence-electron chi connectivity index (χ3n) is 3.10. The predicted molar refractivity (Wildman–Crippen MR) is 83.1 cm³/mol. The van der Waals surface area contributed by atoms with E-state index in [1.807, 2.05) is 13.8 Å². The van der Waals surface area contributed by atoms with Crippen molar-refractivity contribution in [3.8, 4) is 0 Å². The van der Waals surface area contributed by atoms with Gasteiger partial charge < -0.3 is 15.5 Å². The molecule has 2 aromatic rings. The minimum atomic E-state index is -0.548. The number of primary amides is 1. The normalized spacial score (nSPS) is 10.9. The number of carbonyl (C=O) groups excluding carboxylic acids is 2. The third-order valence-corrected chi connectivity index (χ3v) is 4.45. The molecule has 0 aliphatic rings. The summed E-state index contributed by atoms with van der Waals surface area (Å²) in [5.41, 5.74) is 6.18. The summed E-state index contributed by atoms with van der Waals surface area (Å²) in [7, 11) is 0. The second-order valence-corrected chi connectivity index (χ2v) is 6.28. The number of furan rings is 1. The molecule has 112 valence electrons. The predicted octanol–water partition coefficient (Wildman–Crippen LogP) is 3.43. The Bertz CT molecular complexity index is 698. The number of thiophene rings is 1. The monoisotopic (exact) mass is 306 g/mol. The van der Waals surface area contributed by atoms with Crippen LogP contribution in [0, 0.1) is 13.8 Å². The summed E-state index contributed by atoms with van der Waals surface area (Å²) in [4.78, 5) is 24.8. The lowest BCUT2D eigenvalue weighted by Gasteiger charge is -2.03. The van der Waals surface area contributed by atoms with Crippen molar-refractivity contribution in [1.29, 1.82) is 0 Å². The Hall–Kier alpha value is -2.08. The summed E-state index contributed by atoms with van der Waals surface area (Å²) in [6.07, 6.45) is 0. The number of amides is 2. The second kappa shape index (κ2) is 5.73. The minimum Gasteiger partial charge on any atom is -0.466 e. The van der Waals surface area contributed by atoms with Crippen molar-refractivity contribution in [2.24, 2.45) is 5.73 Å². The van der Waals surface area contributed by atoms with Crippen LogP contribution < -0.4 is 11.1 Å². The highest BCUT2D eigenvalue weighted by atomic mass is 32.1. The standard InChI is InChI=1S/C15H18N2O3S/c1-7(2)12-6-11(13(16)18)15(21-12)17-14(19)10-5-8(3)20-9(10)4/h5-7H,1-4H3,(H2,16,18)(H,17,19). The van der Waals surface area contributed by atoms with E-state index in [0.29, 0.717) is 27.6 Å². The maximum Gasteiger partial charge on any atom is 0.259 e. The van der Waals surface area contributed by atoms with Crippen molar-refractivity contribution in [3.63, 3.8) is 0 Å². The maximum atomic E-state index is 12.3. The SMILES string of the molecule is Cc1cc(C(=O)Nc2sc(C(C)C)cc2C(N)=O)c(C)o1. The molecule has 21 heavy (non-hydrogen) atoms. The summed E-state index contributed by atoms with van der Waals surface area (Å²) in [5, 5.41) is 3.24. The van der Waals surface area contributed by atoms with Gasteiger partial charge in [-0.3, -0.25) is 9.59 Å². The van der Waals surface area contributed by atoms with E-state index in [9.17, 15) is 9.59 Å². The van der Waals surface area contributed by atoms with Crippen LogP contribution in [0.5, 0.6) is 0 Å². The molecule has 5 nitrogen and oxygen atoms in total. The Morgan fingerprint density at radius 3 is 2.38 bits per heavy atom. The second-order valence-electron chi connectivity index (χ2n) is 5.19. The number of nitrogens with two attached hydrogens (primary N) is 1. The number of anilines is 1. The van der Waals surface area contributed by atoms with Gasteiger partial charge in [-0.05, 0) is 31.9 Å². The van der Waals surface area contributed by atoms with E-state index in [2.05, 4.69) is 5.32 Å². The Morgan fingerprint density at radius 1 is 1.24 bits per heavy atom. The van der Waals surface area contributed by atoms with Crippen LogP contribution in [0.3, 0.4) is 0 Å². The fourth-order valence-corrected chi connectivity index (χ4v) is 3.06. The van der Waals surface area contributed by atoms with Gasteiger partial charge in [-0.25, -0.2) is 0 Å². The molecule has 0 bridgehead atoms. The molecule has 0 spiro atoms. The molecule has 0 unspecified atom stereocenters. The van der Waals surface area contributed by atoms with Gasteiger partial charge in [0.2, 0.25) is 0 Å². The van der Waals surface area contributed by atoms with Crippen molar-refractivity contribution in [2.45, 2.75) is 33.6 Å². The van der Waals surface area contributed by atoms with E-state index in [-0.39, 0.29) is 11.8 Å². The molecule has 3 N–H and O–H groups in total. The minimum absolute atomic E-state index is 0.261. The zero-order valence-corrected chi connectivity index (χ0v) is 13.3. The first-order valence-electron chi connectivity index (χ1n) is 6.61. The zero-order valence-electron chi connectivity index (χ0n) is 12.4. The highest BCUT2D eigenvalue weighted by Gasteiger charge is 2.20. The van der Waals surface area contributed by atoms with Crippen molar-refractivity contribution in [1.82, 2.24) is 0 Å². The first kappa shape index (κ1) is 15.3. The van der Waals surface area contributed by atoms with Crippen LogP contribution in [-0.4, -0.2) is 11.8 Å². The summed E-state index contributed by atoms with van der Waals surface area (Å²) < 4.78 is 5.35. The fourth-order valence-electron chi connectivity index (χ4n) is 2.00. The van der Waals surface area contributed by atoms with Crippen LogP contribution >= 0.6 is 11.3 Å². The lowest BCUT2D eigenvalue weighted by atomic mass is 10.1. The molecule has 6 heteroatoms. The molecule has 0 atom stereocenters. The van der Waals surface area contributed by atoms with Gasteiger partial charge >= 0.3 is 0 Å². The van der Waals surface area contributed by atoms with E-state index < -0.39 is 5.91 Å². The van der Waals surface area contributed by atoms with Crippen LogP contribution in [-0.2, 0) is 0 Å². The molecule has 2 amide bonds. The average molecular weight is 306 g/mol. The van der Waals surface area contributed by atoms with Crippen LogP contribution in [0.4, 0.5) is 5.00 Å². The van der Waals surface area contributed by atoms with E-state index in [0.717, 1.165) is 4.88 Å². The van der Waals surface area contributed by atoms with Crippen LogP contribution in [0.25, 0.3) is 0 Å². The van der Waals surface area contributed by atoms with Crippen LogP contribution in [0.2, 0.25) is 0 Å². The molecule has 0 saturated heterocycles. The first-order valence-corrected chi connectivity index (χ1v) is 7.43. The molecule has 0 saturated carbocycles. The van der Waals surface area contributed by atoms with Crippen molar-refractivity contribution < 1.29 is 14.0 Å². The largest absolute Gasteiger partial charge is 0.466 e. The number of hydrogen-bond acceptors (Lipinski definition) is 4. The quantitative estimate of drug-likeness (QED) is 0.907. The molecule has 0 radical (unpaired) electrons. The lowest BCUT2D eigenvalue weighted by molar-refractivity contribution is 0.100. The van der Waals surface area contributed by atoms with Gasteiger partial charge in [-0.1, -0.05) is 13.8 Å². The van der Waals surface area contributed by atoms with Gasteiger partial charge in [0, 0.05) is 4.88 Å². The van der Waals surface area contributed by atoms with E-state index in [1.54, 1.807) is 26.0 Å². The summed E-state index contributed by atoms with van der Waals surface area (Å²) in [6.45, 7) is 7.54. The molecule has 2 aromatic heterocycles. The van der Waals surface area contributed by atoms with Crippen LogP contribution in [0.15, 0.2) is 16.5 Å². The van der Waals surface area contributed by atoms with Crippen molar-refractivity contribution >= 4 is 28.2 Å². The topological polar surface area (TPSA) is 85.3 Å². The molecular formula is C15H18N2O3S. The number of nitrogens with one attached hydrogen (secondary N) is 1. The summed E-state index contributed by atoms with van der Waals surface area (Å²) >= 11 is 1.37. The Morgan fingerprint density at radius 2 is 1.90 bits per heavy atom. The van der Waals surface area contributed by atoms with Gasteiger partial charge in [0.25, 0.3) is 11.8 Å². The van der Waals surface area contributed by atoms with Gasteiger partial charge in [0.1, 0.15) is 16.5 Å². The molecule has 0 aliphatic carbocycles. The van der Waals surface area contributed by atoms with Gasteiger partial charge in [0.15, 0.2) is 0 Å². The smallest absolute Gasteiger partial charge is 0.259 e. The van der Waals surface area contributed by atoms with Crippen molar-refractivity contribution in [3.05, 3.63) is 39.7 Å². The van der Waals surface area contributed by atoms with Crippen molar-refractivity contribution in [2.75, 3.05) is 5.32 Å². The molecule has 2 heterocycles. The summed E-state index contributed by atoms with van der Waals surface area (Å²) in [6, 6.07) is 3.41. The first-order chi connectivity index (χ1) is 9.79. The number of hydrogen-bond donors (Lipinski definition) is 2. The number of carbonyl (C=O) groups is 2. The Balaban J connectivity index is 2.32. The van der Waals surface area contributed by atoms with Gasteiger partial charge in [-0.15, -0.1) is 11.3 Å². The zero-order chi connectivity index (χ0) is 15.7. The Kier molecular flexibility index (Phi) is 4.18. The maximum absolute atomic E-state index is 12.3. The average Bonchev–Trinajstić information content (AvgIpc) is 2.93. The van der Waals surface area contributed by atoms with Gasteiger partial charge in [-0.2, -0.15) is 0 Å². The van der Waals surface area contributed by atoms with E-state index in [1.165, 1.54) is 11.3 Å². The van der Waals surface area contributed by atoms with Gasteiger partial charge in [0.05, 0.1) is 11.1 Å². The molecule has 0 aliphatic heterocycles. The molecule has 0 aromatic carbocycles. The van der Waals surface area contributed by atoms with E-state index >= 15 is 0 Å².